The summed E-state index contributed by atoms with van der Waals surface area (Å²) >= 11 is 0. The van der Waals surface area contributed by atoms with Crippen molar-refractivity contribution in [3.05, 3.63) is 24.0 Å². The molecule has 0 N–H and O–H groups in total. The zero-order valence-electron chi connectivity index (χ0n) is 7.16. The summed E-state index contributed by atoms with van der Waals surface area (Å²) in [4.78, 5) is 8.12. The molecule has 0 spiro atoms. The van der Waals surface area contributed by atoms with E-state index in [0.717, 1.165) is 17.8 Å². The van der Waals surface area contributed by atoms with Crippen LogP contribution in [0.15, 0.2) is 17.3 Å². The first-order valence-corrected chi connectivity index (χ1v) is 3.61. The third-order valence-corrected chi connectivity index (χ3v) is 1.25. The first-order valence-electron chi connectivity index (χ1n) is 3.61. The summed E-state index contributed by atoms with van der Waals surface area (Å²) in [5, 5.41) is 0. The summed E-state index contributed by atoms with van der Waals surface area (Å²) in [6, 6.07) is 4.73. The van der Waals surface area contributed by atoms with Gasteiger partial charge in [-0.3, -0.25) is 6.07 Å². The molecule has 0 amide bonds. The number of aryl methyl sites for hydroxylation is 1. The predicted octanol–water partition coefficient (Wildman–Crippen LogP) is 2.18. The molecule has 0 fully saturated rings. The molecular weight excluding hydrogens is 320 g/mol. The molecular formula is C9H10N2W. The van der Waals surface area contributed by atoms with Gasteiger partial charge < -0.3 is 9.98 Å². The van der Waals surface area contributed by atoms with E-state index in [-0.39, 0.29) is 21.1 Å². The minimum atomic E-state index is 0. The quantitative estimate of drug-likeness (QED) is 0.603. The van der Waals surface area contributed by atoms with E-state index < -0.39 is 0 Å². The number of rotatable bonds is 2. The zero-order chi connectivity index (χ0) is 8.10. The van der Waals surface area contributed by atoms with E-state index in [4.69, 9.17) is 0 Å². The van der Waals surface area contributed by atoms with Crippen molar-refractivity contribution in [1.29, 1.82) is 0 Å². The van der Waals surface area contributed by atoms with Crippen LogP contribution >= 0.6 is 0 Å². The van der Waals surface area contributed by atoms with E-state index in [1.807, 2.05) is 13.8 Å². The molecule has 0 saturated carbocycles. The minimum Gasteiger partial charge on any atom is -0.480 e. The fourth-order valence-corrected chi connectivity index (χ4v) is 0.702. The predicted molar refractivity (Wildman–Crippen MR) is 45.2 cm³/mol. The number of hydrogen-bond acceptors (Lipinski definition) is 2. The van der Waals surface area contributed by atoms with Gasteiger partial charge in [-0.25, -0.2) is 0 Å². The van der Waals surface area contributed by atoms with E-state index in [1.165, 1.54) is 0 Å². The number of aliphatic imine (C=N–C) groups is 1. The van der Waals surface area contributed by atoms with Gasteiger partial charge in [-0.1, -0.05) is 26.5 Å². The molecule has 1 rings (SSSR count). The van der Waals surface area contributed by atoms with Crippen LogP contribution in [0.5, 0.6) is 0 Å². The standard InChI is InChI=1S/C9H10N2.W/c1-3-6-11-9-5-4-7-10-8(9)2;/h4,7H,3H2,1-2H3;/q-2;+2. The largest absolute Gasteiger partial charge is 2.00 e. The number of nitrogens with zero attached hydrogens (tertiary/aromatic N) is 2. The number of pyridine rings is 1. The Kier molecular flexibility index (Phi) is 5.82. The molecule has 3 heteroatoms. The molecule has 0 saturated heterocycles. The summed E-state index contributed by atoms with van der Waals surface area (Å²) < 4.78 is 0. The first-order chi connectivity index (χ1) is 5.34. The van der Waals surface area contributed by atoms with Crippen molar-refractivity contribution in [1.82, 2.24) is 4.98 Å². The molecule has 0 aliphatic carbocycles. The van der Waals surface area contributed by atoms with Crippen LogP contribution in [0.1, 0.15) is 19.0 Å². The van der Waals surface area contributed by atoms with Gasteiger partial charge in [-0.2, -0.15) is 18.0 Å². The van der Waals surface area contributed by atoms with Crippen LogP contribution in [0.2, 0.25) is 0 Å². The second kappa shape index (κ2) is 6.07. The molecule has 0 aliphatic rings. The molecule has 1 aromatic heterocycles. The van der Waals surface area contributed by atoms with Crippen LogP contribution in [-0.2, 0) is 21.1 Å². The Hall–Kier alpha value is -0.492. The van der Waals surface area contributed by atoms with Gasteiger partial charge in [0.15, 0.2) is 0 Å². The van der Waals surface area contributed by atoms with Crippen molar-refractivity contribution in [3.8, 4) is 0 Å². The van der Waals surface area contributed by atoms with Crippen molar-refractivity contribution in [3.63, 3.8) is 0 Å². The third-order valence-electron chi connectivity index (χ3n) is 1.25. The second-order valence-corrected chi connectivity index (χ2v) is 2.15. The van der Waals surface area contributed by atoms with Gasteiger partial charge in [0, 0.05) is 0 Å². The maximum atomic E-state index is 4.07. The summed E-state index contributed by atoms with van der Waals surface area (Å²) in [6.45, 7) is 3.90. The molecule has 0 radical (unpaired) electrons. The second-order valence-electron chi connectivity index (χ2n) is 2.15. The van der Waals surface area contributed by atoms with E-state index in [2.05, 4.69) is 22.3 Å². The van der Waals surface area contributed by atoms with Gasteiger partial charge in [0.1, 0.15) is 0 Å². The molecule has 0 unspecified atom stereocenters. The van der Waals surface area contributed by atoms with Crippen molar-refractivity contribution in [2.75, 3.05) is 0 Å². The fraction of sp³-hybridized carbons (Fsp3) is 0.333. The molecule has 0 aliphatic heterocycles. The smallest absolute Gasteiger partial charge is 0.480 e. The van der Waals surface area contributed by atoms with Gasteiger partial charge >= 0.3 is 21.1 Å². The Morgan fingerprint density at radius 3 is 3.00 bits per heavy atom. The molecule has 62 valence electrons. The van der Waals surface area contributed by atoms with E-state index in [9.17, 15) is 0 Å². The molecule has 0 aromatic carbocycles. The third kappa shape index (κ3) is 3.27. The Morgan fingerprint density at radius 2 is 2.42 bits per heavy atom. The van der Waals surface area contributed by atoms with Crippen molar-refractivity contribution in [2.45, 2.75) is 20.3 Å². The van der Waals surface area contributed by atoms with Gasteiger partial charge in [0.05, 0.1) is 0 Å². The van der Waals surface area contributed by atoms with Gasteiger partial charge in [-0.15, -0.1) is 5.69 Å². The van der Waals surface area contributed by atoms with E-state index in [1.54, 1.807) is 12.3 Å². The topological polar surface area (TPSA) is 25.2 Å². The van der Waals surface area contributed by atoms with Crippen molar-refractivity contribution < 1.29 is 21.1 Å². The van der Waals surface area contributed by atoms with Crippen LogP contribution in [0.4, 0.5) is 5.69 Å². The Bertz CT molecular complexity index is 258. The van der Waals surface area contributed by atoms with Crippen molar-refractivity contribution >= 4 is 11.9 Å². The minimum absolute atomic E-state index is 0. The van der Waals surface area contributed by atoms with Crippen molar-refractivity contribution in [2.24, 2.45) is 4.99 Å². The molecule has 12 heavy (non-hydrogen) atoms. The van der Waals surface area contributed by atoms with Gasteiger partial charge in [0.25, 0.3) is 0 Å². The monoisotopic (exact) mass is 330 g/mol. The first kappa shape index (κ1) is 11.5. The maximum absolute atomic E-state index is 4.07. The average molecular weight is 330 g/mol. The maximum Gasteiger partial charge on any atom is 2.00 e. The van der Waals surface area contributed by atoms with Crippen LogP contribution < -0.4 is 0 Å². The van der Waals surface area contributed by atoms with Crippen LogP contribution in [0.3, 0.4) is 0 Å². The van der Waals surface area contributed by atoms with Gasteiger partial charge in [0.2, 0.25) is 0 Å². The Labute approximate surface area is 87.4 Å². The van der Waals surface area contributed by atoms with E-state index >= 15 is 0 Å². The number of aromatic nitrogens is 1. The molecule has 2 nitrogen and oxygen atoms in total. The SMILES string of the molecule is CC[C-]=Nc1[c-]ccnc1C.[W+2]. The van der Waals surface area contributed by atoms with Crippen LogP contribution in [0, 0.1) is 13.0 Å². The summed E-state index contributed by atoms with van der Waals surface area (Å²) in [7, 11) is 0. The summed E-state index contributed by atoms with van der Waals surface area (Å²) in [5.41, 5.74) is 1.68. The Morgan fingerprint density at radius 1 is 1.67 bits per heavy atom. The molecule has 1 aromatic rings. The van der Waals surface area contributed by atoms with Crippen LogP contribution in [0.25, 0.3) is 0 Å². The van der Waals surface area contributed by atoms with E-state index in [0.29, 0.717) is 0 Å². The Balaban J connectivity index is 0.00000121. The molecule has 0 atom stereocenters. The summed E-state index contributed by atoms with van der Waals surface area (Å²) in [5.74, 6) is 0. The van der Waals surface area contributed by atoms with Crippen LogP contribution in [-0.4, -0.2) is 11.2 Å². The fourth-order valence-electron chi connectivity index (χ4n) is 0.702. The average Bonchev–Trinajstić information content (AvgIpc) is 2.03. The molecule has 1 heterocycles. The van der Waals surface area contributed by atoms with Gasteiger partial charge in [-0.05, 0) is 0 Å². The number of hydrogen-bond donors (Lipinski definition) is 0. The zero-order valence-corrected chi connectivity index (χ0v) is 10.1. The molecule has 0 bridgehead atoms. The summed E-state index contributed by atoms with van der Waals surface area (Å²) in [6.07, 6.45) is 5.39. The normalized spacial score (nSPS) is 9.83.